The molecule has 5 aromatic rings. The number of ether oxygens (including phenoxy) is 2. The number of nitrogens with zero attached hydrogens (tertiary/aromatic N) is 2. The Hall–Kier alpha value is -5.15. The van der Waals surface area contributed by atoms with Crippen LogP contribution in [0.25, 0.3) is 11.8 Å². The number of carbonyl (C=O) groups excluding carboxylic acids is 1. The summed E-state index contributed by atoms with van der Waals surface area (Å²) in [6, 6.07) is 27.4. The molecule has 0 saturated carbocycles. The number of thiazole rings is 1. The Morgan fingerprint density at radius 2 is 1.64 bits per heavy atom. The van der Waals surface area contributed by atoms with Crippen molar-refractivity contribution in [3.8, 4) is 5.75 Å². The fourth-order valence-corrected chi connectivity index (χ4v) is 5.99. The zero-order valence-corrected chi connectivity index (χ0v) is 24.4. The average Bonchev–Trinajstić information content (AvgIpc) is 3.35. The number of fused-ring (bicyclic) bond motifs is 1. The molecule has 9 heteroatoms. The Balaban J connectivity index is 1.47. The van der Waals surface area contributed by atoms with E-state index in [0.717, 1.165) is 11.1 Å². The standard InChI is InChI=1S/C35H26F2N2O4S/c1-2-42-34(41)30-31(24-8-4-3-5-9-24)38-35-39(32(30)25-13-17-27(37)18-14-25)33(40)29(44-35)20-23-7-6-10-28(19-23)43-21-22-11-15-26(36)16-12-22/h3-20,32H,2,21H2,1H3/b29-20-/t32-/m1/s1. The van der Waals surface area contributed by atoms with Gasteiger partial charge in [0.25, 0.3) is 5.56 Å². The predicted octanol–water partition coefficient (Wildman–Crippen LogP) is 5.79. The highest BCUT2D eigenvalue weighted by molar-refractivity contribution is 7.07. The van der Waals surface area contributed by atoms with Gasteiger partial charge in [-0.05, 0) is 66.1 Å². The quantitative estimate of drug-likeness (QED) is 0.209. The van der Waals surface area contributed by atoms with E-state index in [1.807, 2.05) is 42.5 Å². The number of rotatable bonds is 8. The van der Waals surface area contributed by atoms with E-state index in [0.29, 0.717) is 31.9 Å². The van der Waals surface area contributed by atoms with E-state index in [-0.39, 0.29) is 30.2 Å². The van der Waals surface area contributed by atoms with Crippen LogP contribution < -0.4 is 19.6 Å². The molecule has 2 heterocycles. The first-order valence-corrected chi connectivity index (χ1v) is 14.7. The van der Waals surface area contributed by atoms with E-state index in [9.17, 15) is 18.4 Å². The number of esters is 1. The Bertz CT molecular complexity index is 2030. The first-order valence-electron chi connectivity index (χ1n) is 13.9. The minimum Gasteiger partial charge on any atom is -0.489 e. The van der Waals surface area contributed by atoms with Crippen LogP contribution in [0.15, 0.2) is 118 Å². The summed E-state index contributed by atoms with van der Waals surface area (Å²) >= 11 is 1.19. The molecule has 1 aromatic heterocycles. The van der Waals surface area contributed by atoms with Gasteiger partial charge in [-0.15, -0.1) is 0 Å². The lowest BCUT2D eigenvalue weighted by Gasteiger charge is -2.25. The van der Waals surface area contributed by atoms with Crippen molar-refractivity contribution in [2.45, 2.75) is 19.6 Å². The monoisotopic (exact) mass is 608 g/mol. The summed E-state index contributed by atoms with van der Waals surface area (Å²) in [5, 5.41) is 0. The number of aromatic nitrogens is 1. The molecule has 0 unspecified atom stereocenters. The molecule has 6 rings (SSSR count). The van der Waals surface area contributed by atoms with Crippen molar-refractivity contribution in [1.82, 2.24) is 4.57 Å². The van der Waals surface area contributed by atoms with Gasteiger partial charge in [-0.2, -0.15) is 0 Å². The van der Waals surface area contributed by atoms with E-state index in [2.05, 4.69) is 0 Å². The molecular formula is C35H26F2N2O4S. The second-order valence-electron chi connectivity index (χ2n) is 9.97. The van der Waals surface area contributed by atoms with Gasteiger partial charge in [-0.1, -0.05) is 78.1 Å². The molecule has 4 aromatic carbocycles. The van der Waals surface area contributed by atoms with Gasteiger partial charge in [0.05, 0.1) is 28.5 Å². The Kier molecular flexibility index (Phi) is 8.29. The maximum Gasteiger partial charge on any atom is 0.338 e. The summed E-state index contributed by atoms with van der Waals surface area (Å²) in [5.74, 6) is -0.780. The van der Waals surface area contributed by atoms with Crippen LogP contribution in [0.5, 0.6) is 5.75 Å². The molecule has 0 saturated heterocycles. The summed E-state index contributed by atoms with van der Waals surface area (Å²) in [7, 11) is 0. The number of halogens is 2. The second-order valence-corrected chi connectivity index (χ2v) is 11.0. The molecule has 1 atom stereocenters. The van der Waals surface area contributed by atoms with Crippen molar-refractivity contribution in [2.75, 3.05) is 6.61 Å². The minimum atomic E-state index is -0.895. The molecular weight excluding hydrogens is 582 g/mol. The summed E-state index contributed by atoms with van der Waals surface area (Å²) in [6.07, 6.45) is 1.74. The molecule has 0 aliphatic carbocycles. The highest BCUT2D eigenvalue weighted by Crippen LogP contribution is 2.35. The largest absolute Gasteiger partial charge is 0.489 e. The average molecular weight is 609 g/mol. The van der Waals surface area contributed by atoms with E-state index < -0.39 is 17.8 Å². The smallest absolute Gasteiger partial charge is 0.338 e. The minimum absolute atomic E-state index is 0.129. The van der Waals surface area contributed by atoms with Gasteiger partial charge in [-0.3, -0.25) is 9.36 Å². The summed E-state index contributed by atoms with van der Waals surface area (Å²) in [6.45, 7) is 2.09. The molecule has 0 amide bonds. The van der Waals surface area contributed by atoms with Crippen LogP contribution in [0.1, 0.15) is 35.2 Å². The lowest BCUT2D eigenvalue weighted by Crippen LogP contribution is -2.40. The molecule has 6 nitrogen and oxygen atoms in total. The summed E-state index contributed by atoms with van der Waals surface area (Å²) < 4.78 is 40.4. The normalized spacial score (nSPS) is 14.6. The second kappa shape index (κ2) is 12.6. The first-order chi connectivity index (χ1) is 21.4. The molecule has 0 N–H and O–H groups in total. The van der Waals surface area contributed by atoms with Crippen LogP contribution in [0.2, 0.25) is 0 Å². The van der Waals surface area contributed by atoms with Crippen molar-refractivity contribution >= 4 is 29.1 Å². The summed E-state index contributed by atoms with van der Waals surface area (Å²) in [5.41, 5.74) is 3.00. The molecule has 0 spiro atoms. The Morgan fingerprint density at radius 3 is 2.34 bits per heavy atom. The third-order valence-corrected chi connectivity index (χ3v) is 8.02. The number of benzene rings is 4. The molecule has 44 heavy (non-hydrogen) atoms. The molecule has 1 aliphatic rings. The van der Waals surface area contributed by atoms with Crippen LogP contribution in [-0.4, -0.2) is 17.1 Å². The van der Waals surface area contributed by atoms with Crippen molar-refractivity contribution < 1.29 is 23.0 Å². The van der Waals surface area contributed by atoms with E-state index in [1.54, 1.807) is 49.4 Å². The third-order valence-electron chi connectivity index (χ3n) is 7.03. The van der Waals surface area contributed by atoms with E-state index in [4.69, 9.17) is 14.5 Å². The van der Waals surface area contributed by atoms with Crippen molar-refractivity contribution in [2.24, 2.45) is 4.99 Å². The highest BCUT2D eigenvalue weighted by Gasteiger charge is 2.35. The van der Waals surface area contributed by atoms with Gasteiger partial charge in [0.15, 0.2) is 4.80 Å². The molecule has 1 aliphatic heterocycles. The van der Waals surface area contributed by atoms with E-state index in [1.165, 1.54) is 40.2 Å². The summed E-state index contributed by atoms with van der Waals surface area (Å²) in [4.78, 5) is 32.7. The number of carbonyl (C=O) groups is 1. The SMILES string of the molecule is CCOC(=O)C1=C(c2ccccc2)N=c2s/c(=C\c3cccc(OCc4ccc(F)cc4)c3)c(=O)n2[C@@H]1c1ccc(F)cc1. The zero-order valence-electron chi connectivity index (χ0n) is 23.6. The van der Waals surface area contributed by atoms with Gasteiger partial charge in [0.2, 0.25) is 0 Å². The maximum atomic E-state index is 14.0. The number of hydrogen-bond donors (Lipinski definition) is 0. The van der Waals surface area contributed by atoms with Crippen LogP contribution >= 0.6 is 11.3 Å². The van der Waals surface area contributed by atoms with Crippen LogP contribution in [-0.2, 0) is 16.1 Å². The first kappa shape index (κ1) is 28.9. The van der Waals surface area contributed by atoms with Crippen molar-refractivity contribution in [3.05, 3.63) is 162 Å². The molecule has 0 radical (unpaired) electrons. The maximum absolute atomic E-state index is 14.0. The van der Waals surface area contributed by atoms with Gasteiger partial charge >= 0.3 is 5.97 Å². The lowest BCUT2D eigenvalue weighted by atomic mass is 9.93. The fourth-order valence-electron chi connectivity index (χ4n) is 4.99. The lowest BCUT2D eigenvalue weighted by molar-refractivity contribution is -0.138. The predicted molar refractivity (Wildman–Crippen MR) is 165 cm³/mol. The van der Waals surface area contributed by atoms with Crippen LogP contribution in [0.4, 0.5) is 8.78 Å². The topological polar surface area (TPSA) is 69.9 Å². The number of hydrogen-bond acceptors (Lipinski definition) is 6. The molecule has 0 fully saturated rings. The van der Waals surface area contributed by atoms with Gasteiger partial charge in [-0.25, -0.2) is 18.6 Å². The molecule has 220 valence electrons. The Morgan fingerprint density at radius 1 is 0.932 bits per heavy atom. The van der Waals surface area contributed by atoms with Gasteiger partial charge in [0.1, 0.15) is 24.0 Å². The molecule has 0 bridgehead atoms. The highest BCUT2D eigenvalue weighted by atomic mass is 32.1. The van der Waals surface area contributed by atoms with Gasteiger partial charge < -0.3 is 9.47 Å². The fraction of sp³-hybridized carbons (Fsp3) is 0.114. The van der Waals surface area contributed by atoms with E-state index >= 15 is 0 Å². The Labute approximate surface area is 255 Å². The third kappa shape index (κ3) is 6.00. The zero-order chi connectivity index (χ0) is 30.6. The van der Waals surface area contributed by atoms with Crippen LogP contribution in [0.3, 0.4) is 0 Å². The van der Waals surface area contributed by atoms with Crippen LogP contribution in [0, 0.1) is 11.6 Å². The van der Waals surface area contributed by atoms with Crippen molar-refractivity contribution in [1.29, 1.82) is 0 Å². The van der Waals surface area contributed by atoms with Gasteiger partial charge in [0, 0.05) is 5.56 Å². The van der Waals surface area contributed by atoms with Crippen molar-refractivity contribution in [3.63, 3.8) is 0 Å².